The summed E-state index contributed by atoms with van der Waals surface area (Å²) in [5.74, 6) is 0.682. The predicted molar refractivity (Wildman–Crippen MR) is 97.5 cm³/mol. The van der Waals surface area contributed by atoms with Gasteiger partial charge in [0.25, 0.3) is 5.91 Å². The highest BCUT2D eigenvalue weighted by atomic mass is 32.1. The smallest absolute Gasteiger partial charge is 0.268 e. The zero-order valence-electron chi connectivity index (χ0n) is 13.5. The molecule has 0 aliphatic carbocycles. The van der Waals surface area contributed by atoms with Gasteiger partial charge in [0.15, 0.2) is 0 Å². The summed E-state index contributed by atoms with van der Waals surface area (Å²) in [5, 5.41) is 5.03. The third-order valence-electron chi connectivity index (χ3n) is 4.06. The van der Waals surface area contributed by atoms with Crippen LogP contribution in [0.25, 0.3) is 21.3 Å². The van der Waals surface area contributed by atoms with Gasteiger partial charge in [0.2, 0.25) is 0 Å². The van der Waals surface area contributed by atoms with E-state index in [0.717, 1.165) is 27.1 Å². The maximum absolute atomic E-state index is 12.7. The normalized spacial score (nSPS) is 11.6. The van der Waals surface area contributed by atoms with E-state index in [1.165, 1.54) is 0 Å². The molecule has 0 bridgehead atoms. The van der Waals surface area contributed by atoms with Crippen molar-refractivity contribution >= 4 is 38.5 Å². The average molecular weight is 338 g/mol. The number of thiophene rings is 1. The quantitative estimate of drug-likeness (QED) is 0.589. The third kappa shape index (κ3) is 2.49. The van der Waals surface area contributed by atoms with Crippen LogP contribution in [0.3, 0.4) is 0 Å². The maximum Gasteiger partial charge on any atom is 0.268 e. The van der Waals surface area contributed by atoms with Crippen LogP contribution in [0.15, 0.2) is 41.8 Å². The lowest BCUT2D eigenvalue weighted by Gasteiger charge is -2.13. The van der Waals surface area contributed by atoms with Crippen molar-refractivity contribution in [1.29, 1.82) is 0 Å². The molecule has 1 aromatic carbocycles. The molecule has 6 heteroatoms. The molecule has 122 valence electrons. The second kappa shape index (κ2) is 5.79. The van der Waals surface area contributed by atoms with E-state index in [4.69, 9.17) is 0 Å². The number of imidazole rings is 1. The number of fused-ring (bicyclic) bond motifs is 2. The van der Waals surface area contributed by atoms with Crippen LogP contribution < -0.4 is 5.32 Å². The molecule has 4 aromatic rings. The number of para-hydroxylation sites is 2. The van der Waals surface area contributed by atoms with Gasteiger partial charge in [-0.1, -0.05) is 12.1 Å². The highest BCUT2D eigenvalue weighted by molar-refractivity contribution is 7.17. The van der Waals surface area contributed by atoms with E-state index in [1.54, 1.807) is 11.3 Å². The number of nitrogens with zero attached hydrogens (tertiary/aromatic N) is 2. The van der Waals surface area contributed by atoms with Crippen LogP contribution >= 0.6 is 11.3 Å². The Morgan fingerprint density at radius 2 is 2.17 bits per heavy atom. The van der Waals surface area contributed by atoms with Crippen LogP contribution in [-0.4, -0.2) is 20.4 Å². The first kappa shape index (κ1) is 15.0. The molecule has 0 radical (unpaired) electrons. The SMILES string of the molecule is CC(C)n1c(C(=O)NCc2nc3ccccc3[nH]2)cc2sccc21. The molecule has 0 unspecified atom stereocenters. The number of rotatable bonds is 4. The Bertz CT molecular complexity index is 991. The van der Waals surface area contributed by atoms with E-state index in [9.17, 15) is 4.79 Å². The summed E-state index contributed by atoms with van der Waals surface area (Å²) in [6.45, 7) is 4.56. The summed E-state index contributed by atoms with van der Waals surface area (Å²) in [5.41, 5.74) is 3.70. The summed E-state index contributed by atoms with van der Waals surface area (Å²) in [6, 6.07) is 12.1. The maximum atomic E-state index is 12.7. The van der Waals surface area contributed by atoms with Gasteiger partial charge in [-0.05, 0) is 43.5 Å². The number of carbonyl (C=O) groups excluding carboxylic acids is 1. The van der Waals surface area contributed by atoms with Crippen molar-refractivity contribution in [3.8, 4) is 0 Å². The first-order valence-corrected chi connectivity index (χ1v) is 8.81. The van der Waals surface area contributed by atoms with Gasteiger partial charge in [-0.15, -0.1) is 11.3 Å². The predicted octanol–water partition coefficient (Wildman–Crippen LogP) is 4.09. The molecular formula is C18H18N4OS. The molecule has 3 heterocycles. The Labute approximate surface area is 143 Å². The summed E-state index contributed by atoms with van der Waals surface area (Å²) in [7, 11) is 0. The fraction of sp³-hybridized carbons (Fsp3) is 0.222. The van der Waals surface area contributed by atoms with Crippen molar-refractivity contribution in [2.75, 3.05) is 0 Å². The van der Waals surface area contributed by atoms with Crippen molar-refractivity contribution in [2.45, 2.75) is 26.4 Å². The molecule has 0 aliphatic heterocycles. The van der Waals surface area contributed by atoms with Gasteiger partial charge < -0.3 is 14.9 Å². The van der Waals surface area contributed by atoms with Crippen LogP contribution in [-0.2, 0) is 6.54 Å². The lowest BCUT2D eigenvalue weighted by Crippen LogP contribution is -2.26. The Kier molecular flexibility index (Phi) is 3.61. The van der Waals surface area contributed by atoms with E-state index in [-0.39, 0.29) is 11.9 Å². The van der Waals surface area contributed by atoms with Gasteiger partial charge >= 0.3 is 0 Å². The van der Waals surface area contributed by atoms with Gasteiger partial charge in [-0.3, -0.25) is 4.79 Å². The molecular weight excluding hydrogens is 320 g/mol. The van der Waals surface area contributed by atoms with Crippen molar-refractivity contribution in [1.82, 2.24) is 19.9 Å². The molecule has 0 atom stereocenters. The van der Waals surface area contributed by atoms with Gasteiger partial charge in [0.1, 0.15) is 11.5 Å². The van der Waals surface area contributed by atoms with Crippen molar-refractivity contribution < 1.29 is 4.79 Å². The average Bonchev–Trinajstić information content (AvgIpc) is 3.24. The third-order valence-corrected chi connectivity index (χ3v) is 4.92. The second-order valence-electron chi connectivity index (χ2n) is 6.05. The van der Waals surface area contributed by atoms with Crippen LogP contribution in [0.5, 0.6) is 0 Å². The topological polar surface area (TPSA) is 62.7 Å². The zero-order chi connectivity index (χ0) is 16.7. The number of carbonyl (C=O) groups is 1. The van der Waals surface area contributed by atoms with E-state index in [1.807, 2.05) is 30.3 Å². The van der Waals surface area contributed by atoms with E-state index in [0.29, 0.717) is 12.2 Å². The van der Waals surface area contributed by atoms with E-state index >= 15 is 0 Å². The number of benzene rings is 1. The second-order valence-corrected chi connectivity index (χ2v) is 6.99. The number of aromatic nitrogens is 3. The number of amides is 1. The molecule has 0 saturated heterocycles. The van der Waals surface area contributed by atoms with Gasteiger partial charge in [0, 0.05) is 6.04 Å². The van der Waals surface area contributed by atoms with Crippen molar-refractivity contribution in [3.63, 3.8) is 0 Å². The zero-order valence-corrected chi connectivity index (χ0v) is 14.4. The molecule has 4 rings (SSSR count). The molecule has 3 aromatic heterocycles. The number of hydrogen-bond acceptors (Lipinski definition) is 3. The fourth-order valence-corrected chi connectivity index (χ4v) is 3.83. The summed E-state index contributed by atoms with van der Waals surface area (Å²) in [4.78, 5) is 20.4. The minimum Gasteiger partial charge on any atom is -0.344 e. The summed E-state index contributed by atoms with van der Waals surface area (Å²) in [6.07, 6.45) is 0. The van der Waals surface area contributed by atoms with Gasteiger partial charge in [0.05, 0.1) is 27.8 Å². The number of nitrogens with one attached hydrogen (secondary N) is 2. The number of aromatic amines is 1. The Morgan fingerprint density at radius 3 is 2.96 bits per heavy atom. The Balaban J connectivity index is 1.58. The molecule has 0 aliphatic rings. The van der Waals surface area contributed by atoms with Crippen molar-refractivity contribution in [2.24, 2.45) is 0 Å². The molecule has 5 nitrogen and oxygen atoms in total. The highest BCUT2D eigenvalue weighted by Gasteiger charge is 2.18. The standard InChI is InChI=1S/C18H18N4OS/c1-11(2)22-14-7-8-24-16(14)9-15(22)18(23)19-10-17-20-12-5-3-4-6-13(12)21-17/h3-9,11H,10H2,1-2H3,(H,19,23)(H,20,21). The molecule has 0 saturated carbocycles. The summed E-state index contributed by atoms with van der Waals surface area (Å²) >= 11 is 1.66. The largest absolute Gasteiger partial charge is 0.344 e. The first-order valence-electron chi connectivity index (χ1n) is 7.94. The van der Waals surface area contributed by atoms with E-state index < -0.39 is 0 Å². The monoisotopic (exact) mass is 338 g/mol. The molecule has 1 amide bonds. The minimum absolute atomic E-state index is 0.0763. The minimum atomic E-state index is -0.0763. The molecule has 0 spiro atoms. The number of hydrogen-bond donors (Lipinski definition) is 2. The Morgan fingerprint density at radius 1 is 1.33 bits per heavy atom. The van der Waals surface area contributed by atoms with Gasteiger partial charge in [-0.25, -0.2) is 4.98 Å². The highest BCUT2D eigenvalue weighted by Crippen LogP contribution is 2.28. The summed E-state index contributed by atoms with van der Waals surface area (Å²) < 4.78 is 3.22. The molecule has 24 heavy (non-hydrogen) atoms. The molecule has 0 fully saturated rings. The number of H-pyrrole nitrogens is 1. The van der Waals surface area contributed by atoms with Crippen LogP contribution in [0.2, 0.25) is 0 Å². The Hall–Kier alpha value is -2.60. The van der Waals surface area contributed by atoms with Crippen molar-refractivity contribution in [3.05, 3.63) is 53.3 Å². The lowest BCUT2D eigenvalue weighted by atomic mass is 10.3. The van der Waals surface area contributed by atoms with Gasteiger partial charge in [-0.2, -0.15) is 0 Å². The van der Waals surface area contributed by atoms with Crippen LogP contribution in [0.1, 0.15) is 36.2 Å². The van der Waals surface area contributed by atoms with Crippen LogP contribution in [0, 0.1) is 0 Å². The first-order chi connectivity index (χ1) is 11.6. The molecule has 2 N–H and O–H groups in total. The van der Waals surface area contributed by atoms with Crippen LogP contribution in [0.4, 0.5) is 0 Å². The van der Waals surface area contributed by atoms with E-state index in [2.05, 4.69) is 45.1 Å². The lowest BCUT2D eigenvalue weighted by molar-refractivity contribution is 0.0939. The fourth-order valence-electron chi connectivity index (χ4n) is 3.02.